The van der Waals surface area contributed by atoms with Gasteiger partial charge in [-0.15, -0.1) is 0 Å². The number of benzene rings is 1. The lowest BCUT2D eigenvalue weighted by Gasteiger charge is -2.09. The fourth-order valence-electron chi connectivity index (χ4n) is 2.02. The van der Waals surface area contributed by atoms with Gasteiger partial charge in [0.1, 0.15) is 5.82 Å². The first-order valence-electron chi connectivity index (χ1n) is 5.98. The van der Waals surface area contributed by atoms with E-state index in [9.17, 15) is 4.39 Å². The van der Waals surface area contributed by atoms with E-state index < -0.39 is 0 Å². The molecule has 0 amide bonds. The molecule has 1 aliphatic heterocycles. The Bertz CT molecular complexity index is 366. The van der Waals surface area contributed by atoms with Gasteiger partial charge in [-0.05, 0) is 43.5 Å². The van der Waals surface area contributed by atoms with E-state index in [0.29, 0.717) is 23.0 Å². The number of ether oxygens (including phenoxy) is 1. The summed E-state index contributed by atoms with van der Waals surface area (Å²) in [5.74, 6) is 0.456. The van der Waals surface area contributed by atoms with Gasteiger partial charge in [0.25, 0.3) is 0 Å². The minimum Gasteiger partial charge on any atom is -0.381 e. The van der Waals surface area contributed by atoms with Gasteiger partial charge in [-0.25, -0.2) is 4.39 Å². The van der Waals surface area contributed by atoms with E-state index in [0.717, 1.165) is 32.6 Å². The molecule has 1 unspecified atom stereocenters. The van der Waals surface area contributed by atoms with E-state index in [-0.39, 0.29) is 5.82 Å². The maximum absolute atomic E-state index is 13.4. The molecule has 1 fully saturated rings. The van der Waals surface area contributed by atoms with Gasteiger partial charge in [-0.3, -0.25) is 0 Å². The molecule has 1 N–H and O–H groups in total. The Morgan fingerprint density at radius 3 is 3.12 bits per heavy atom. The van der Waals surface area contributed by atoms with Crippen LogP contribution in [0.3, 0.4) is 0 Å². The van der Waals surface area contributed by atoms with E-state index >= 15 is 0 Å². The largest absolute Gasteiger partial charge is 0.381 e. The average molecular weight is 258 g/mol. The fraction of sp³-hybridized carbons (Fsp3) is 0.538. The van der Waals surface area contributed by atoms with Crippen molar-refractivity contribution < 1.29 is 9.13 Å². The molecule has 2 nitrogen and oxygen atoms in total. The summed E-state index contributed by atoms with van der Waals surface area (Å²) in [6.45, 7) is 3.17. The normalized spacial score (nSPS) is 19.8. The van der Waals surface area contributed by atoms with Gasteiger partial charge >= 0.3 is 0 Å². The fourth-order valence-corrected chi connectivity index (χ4v) is 2.21. The second-order valence-electron chi connectivity index (χ2n) is 4.43. The van der Waals surface area contributed by atoms with Crippen molar-refractivity contribution in [3.63, 3.8) is 0 Å². The standard InChI is InChI=1S/C13H17ClFNO/c14-12-1-2-13(15)11(7-12)8-16-5-3-10-4-6-17-9-10/h1-2,7,10,16H,3-6,8-9H2. The zero-order valence-corrected chi connectivity index (χ0v) is 10.5. The van der Waals surface area contributed by atoms with Crippen molar-refractivity contribution in [2.45, 2.75) is 19.4 Å². The Balaban J connectivity index is 1.72. The second kappa shape index (κ2) is 6.34. The summed E-state index contributed by atoms with van der Waals surface area (Å²) in [6, 6.07) is 4.64. The zero-order chi connectivity index (χ0) is 12.1. The highest BCUT2D eigenvalue weighted by Gasteiger charge is 2.14. The van der Waals surface area contributed by atoms with Crippen molar-refractivity contribution in [1.29, 1.82) is 0 Å². The van der Waals surface area contributed by atoms with E-state index in [2.05, 4.69) is 5.32 Å². The Kier molecular flexibility index (Phi) is 4.77. The Labute approximate surface area is 106 Å². The van der Waals surface area contributed by atoms with Crippen LogP contribution in [-0.4, -0.2) is 19.8 Å². The van der Waals surface area contributed by atoms with Gasteiger partial charge in [0.2, 0.25) is 0 Å². The zero-order valence-electron chi connectivity index (χ0n) is 9.72. The number of rotatable bonds is 5. The third-order valence-corrected chi connectivity index (χ3v) is 3.31. The number of halogens is 2. The highest BCUT2D eigenvalue weighted by Crippen LogP contribution is 2.16. The number of hydrogen-bond donors (Lipinski definition) is 1. The molecule has 0 bridgehead atoms. The lowest BCUT2D eigenvalue weighted by atomic mass is 10.1. The van der Waals surface area contributed by atoms with Crippen LogP contribution in [0.4, 0.5) is 4.39 Å². The predicted octanol–water partition coefficient (Wildman–Crippen LogP) is 3.00. The van der Waals surface area contributed by atoms with Gasteiger partial charge < -0.3 is 10.1 Å². The van der Waals surface area contributed by atoms with Crippen molar-refractivity contribution in [3.05, 3.63) is 34.6 Å². The van der Waals surface area contributed by atoms with Crippen LogP contribution in [0.25, 0.3) is 0 Å². The second-order valence-corrected chi connectivity index (χ2v) is 4.87. The summed E-state index contributed by atoms with van der Waals surface area (Å²) in [4.78, 5) is 0. The molecule has 1 heterocycles. The van der Waals surface area contributed by atoms with Gasteiger partial charge in [0.05, 0.1) is 0 Å². The van der Waals surface area contributed by atoms with Gasteiger partial charge in [-0.2, -0.15) is 0 Å². The van der Waals surface area contributed by atoms with Crippen molar-refractivity contribution in [1.82, 2.24) is 5.32 Å². The first kappa shape index (κ1) is 12.8. The third kappa shape index (κ3) is 3.95. The molecule has 17 heavy (non-hydrogen) atoms. The maximum atomic E-state index is 13.4. The van der Waals surface area contributed by atoms with Crippen LogP contribution >= 0.6 is 11.6 Å². The molecule has 1 atom stereocenters. The Hall–Kier alpha value is -0.640. The van der Waals surface area contributed by atoms with E-state index in [1.807, 2.05) is 0 Å². The molecule has 4 heteroatoms. The molecular weight excluding hydrogens is 241 g/mol. The van der Waals surface area contributed by atoms with E-state index in [1.54, 1.807) is 12.1 Å². The van der Waals surface area contributed by atoms with Crippen LogP contribution in [0.2, 0.25) is 5.02 Å². The van der Waals surface area contributed by atoms with Crippen LogP contribution in [0.5, 0.6) is 0 Å². The highest BCUT2D eigenvalue weighted by atomic mass is 35.5. The van der Waals surface area contributed by atoms with Crippen LogP contribution in [0.1, 0.15) is 18.4 Å². The number of hydrogen-bond acceptors (Lipinski definition) is 2. The Morgan fingerprint density at radius 2 is 2.35 bits per heavy atom. The summed E-state index contributed by atoms with van der Waals surface area (Å²) >= 11 is 5.82. The SMILES string of the molecule is Fc1ccc(Cl)cc1CNCCC1CCOC1. The summed E-state index contributed by atoms with van der Waals surface area (Å²) in [6.07, 6.45) is 2.23. The van der Waals surface area contributed by atoms with Crippen molar-refractivity contribution in [3.8, 4) is 0 Å². The summed E-state index contributed by atoms with van der Waals surface area (Å²) < 4.78 is 18.7. The van der Waals surface area contributed by atoms with Crippen molar-refractivity contribution >= 4 is 11.6 Å². The minimum absolute atomic E-state index is 0.203. The molecule has 2 rings (SSSR count). The summed E-state index contributed by atoms with van der Waals surface area (Å²) in [5.41, 5.74) is 0.625. The summed E-state index contributed by atoms with van der Waals surface area (Å²) in [5, 5.41) is 3.82. The molecule has 1 saturated heterocycles. The van der Waals surface area contributed by atoms with Crippen LogP contribution in [0.15, 0.2) is 18.2 Å². The molecule has 94 valence electrons. The van der Waals surface area contributed by atoms with Crippen LogP contribution < -0.4 is 5.32 Å². The molecule has 0 aromatic heterocycles. The first-order valence-corrected chi connectivity index (χ1v) is 6.36. The number of nitrogens with one attached hydrogen (secondary N) is 1. The maximum Gasteiger partial charge on any atom is 0.127 e. The minimum atomic E-state index is -0.203. The highest BCUT2D eigenvalue weighted by molar-refractivity contribution is 6.30. The topological polar surface area (TPSA) is 21.3 Å². The molecule has 1 aromatic rings. The molecule has 1 aromatic carbocycles. The van der Waals surface area contributed by atoms with Crippen LogP contribution in [-0.2, 0) is 11.3 Å². The van der Waals surface area contributed by atoms with Crippen molar-refractivity contribution in [2.75, 3.05) is 19.8 Å². The Morgan fingerprint density at radius 1 is 1.47 bits per heavy atom. The molecule has 0 radical (unpaired) electrons. The van der Waals surface area contributed by atoms with Gasteiger partial charge in [-0.1, -0.05) is 11.6 Å². The quantitative estimate of drug-likeness (QED) is 0.819. The van der Waals surface area contributed by atoms with Gasteiger partial charge in [0.15, 0.2) is 0 Å². The lowest BCUT2D eigenvalue weighted by Crippen LogP contribution is -2.18. The summed E-state index contributed by atoms with van der Waals surface area (Å²) in [7, 11) is 0. The molecule has 0 saturated carbocycles. The molecule has 0 spiro atoms. The molecule has 0 aliphatic carbocycles. The van der Waals surface area contributed by atoms with E-state index in [4.69, 9.17) is 16.3 Å². The predicted molar refractivity (Wildman–Crippen MR) is 66.7 cm³/mol. The lowest BCUT2D eigenvalue weighted by molar-refractivity contribution is 0.184. The van der Waals surface area contributed by atoms with Crippen molar-refractivity contribution in [2.24, 2.45) is 5.92 Å². The molecular formula is C13H17ClFNO. The van der Waals surface area contributed by atoms with Gasteiger partial charge in [0, 0.05) is 30.3 Å². The average Bonchev–Trinajstić information content (AvgIpc) is 2.82. The molecule has 1 aliphatic rings. The monoisotopic (exact) mass is 257 g/mol. The smallest absolute Gasteiger partial charge is 0.127 e. The third-order valence-electron chi connectivity index (χ3n) is 3.08. The first-order chi connectivity index (χ1) is 8.25. The van der Waals surface area contributed by atoms with E-state index in [1.165, 1.54) is 6.07 Å². The van der Waals surface area contributed by atoms with Crippen LogP contribution in [0, 0.1) is 11.7 Å².